The Kier molecular flexibility index (Phi) is 7.77. The highest BCUT2D eigenvalue weighted by Crippen LogP contribution is 2.32. The lowest BCUT2D eigenvalue weighted by Crippen LogP contribution is -2.55. The van der Waals surface area contributed by atoms with Crippen molar-refractivity contribution in [3.8, 4) is 5.75 Å². The number of halogens is 1. The number of carbonyl (C=O) groups is 1. The van der Waals surface area contributed by atoms with Gasteiger partial charge in [0.15, 0.2) is 0 Å². The summed E-state index contributed by atoms with van der Waals surface area (Å²) in [6.07, 6.45) is 1.99. The van der Waals surface area contributed by atoms with Crippen molar-refractivity contribution in [2.45, 2.75) is 45.2 Å². The summed E-state index contributed by atoms with van der Waals surface area (Å²) >= 11 is 6.20. The zero-order valence-electron chi connectivity index (χ0n) is 18.0. The maximum Gasteiger partial charge on any atom is 0.244 e. The molecule has 0 radical (unpaired) electrons. The Morgan fingerprint density at radius 3 is 2.33 bits per heavy atom. The van der Waals surface area contributed by atoms with Crippen molar-refractivity contribution in [2.75, 3.05) is 17.7 Å². The van der Waals surface area contributed by atoms with Gasteiger partial charge in [0.05, 0.1) is 24.1 Å². The molecular formula is C22H29ClN2O4S. The number of methoxy groups -OCH3 is 1. The molecule has 0 aliphatic rings. The van der Waals surface area contributed by atoms with Crippen LogP contribution >= 0.6 is 11.6 Å². The molecule has 8 heteroatoms. The number of rotatable bonds is 9. The molecule has 0 aliphatic heterocycles. The van der Waals surface area contributed by atoms with E-state index >= 15 is 0 Å². The number of benzene rings is 2. The zero-order valence-corrected chi connectivity index (χ0v) is 19.5. The highest BCUT2D eigenvalue weighted by molar-refractivity contribution is 7.92. The maximum atomic E-state index is 13.2. The van der Waals surface area contributed by atoms with Crippen LogP contribution in [0.4, 0.5) is 5.69 Å². The van der Waals surface area contributed by atoms with Crippen molar-refractivity contribution >= 4 is 33.2 Å². The van der Waals surface area contributed by atoms with Crippen molar-refractivity contribution in [1.82, 2.24) is 5.32 Å². The molecule has 0 fully saturated rings. The Bertz CT molecular complexity index is 978. The molecule has 30 heavy (non-hydrogen) atoms. The molecule has 0 heterocycles. The first kappa shape index (κ1) is 24.0. The number of sulfonamides is 1. The molecule has 2 aromatic rings. The summed E-state index contributed by atoms with van der Waals surface area (Å²) in [5.41, 5.74) is 0.830. The summed E-state index contributed by atoms with van der Waals surface area (Å²) in [6, 6.07) is 13.6. The van der Waals surface area contributed by atoms with Crippen molar-refractivity contribution in [1.29, 1.82) is 0 Å². The Labute approximate surface area is 184 Å². The van der Waals surface area contributed by atoms with Crippen LogP contribution in [0.1, 0.15) is 32.8 Å². The van der Waals surface area contributed by atoms with Crippen molar-refractivity contribution in [2.24, 2.45) is 0 Å². The normalized spacial score (nSPS) is 12.9. The summed E-state index contributed by atoms with van der Waals surface area (Å²) < 4.78 is 31.5. The molecule has 0 spiro atoms. The largest absolute Gasteiger partial charge is 0.495 e. The maximum absolute atomic E-state index is 13.2. The van der Waals surface area contributed by atoms with Crippen LogP contribution in [0.25, 0.3) is 0 Å². The summed E-state index contributed by atoms with van der Waals surface area (Å²) in [7, 11) is -2.27. The molecule has 1 unspecified atom stereocenters. The lowest BCUT2D eigenvalue weighted by Gasteiger charge is -2.34. The third kappa shape index (κ3) is 6.12. The van der Waals surface area contributed by atoms with Crippen molar-refractivity contribution in [3.05, 3.63) is 59.1 Å². The summed E-state index contributed by atoms with van der Waals surface area (Å²) in [5, 5.41) is 3.28. The Balaban J connectivity index is 2.32. The second-order valence-corrected chi connectivity index (χ2v) is 10.1. The van der Waals surface area contributed by atoms with E-state index < -0.39 is 21.6 Å². The smallest absolute Gasteiger partial charge is 0.244 e. The molecule has 0 aromatic heterocycles. The standard InChI is InChI=1S/C22H29ClN2O4S/c1-6-19(21(26)24-22(2,3)15-16-10-8-7-9-11-16)25(30(5,27)28)17-12-13-20(29-4)18(23)14-17/h7-14,19H,6,15H2,1-5H3,(H,24,26). The van der Waals surface area contributed by atoms with Gasteiger partial charge in [-0.05, 0) is 50.5 Å². The van der Waals surface area contributed by atoms with E-state index in [4.69, 9.17) is 16.3 Å². The van der Waals surface area contributed by atoms with E-state index in [1.165, 1.54) is 13.2 Å². The number of nitrogens with zero attached hydrogens (tertiary/aromatic N) is 1. The quantitative estimate of drug-likeness (QED) is 0.623. The number of hydrogen-bond acceptors (Lipinski definition) is 4. The average Bonchev–Trinajstić information content (AvgIpc) is 2.64. The highest BCUT2D eigenvalue weighted by atomic mass is 35.5. The minimum absolute atomic E-state index is 0.267. The molecule has 0 saturated carbocycles. The molecule has 6 nitrogen and oxygen atoms in total. The number of nitrogens with one attached hydrogen (secondary N) is 1. The van der Waals surface area contributed by atoms with E-state index in [2.05, 4.69) is 5.32 Å². The number of amides is 1. The summed E-state index contributed by atoms with van der Waals surface area (Å²) in [6.45, 7) is 5.61. The first-order chi connectivity index (χ1) is 14.0. The first-order valence-corrected chi connectivity index (χ1v) is 11.9. The van der Waals surface area contributed by atoms with E-state index in [0.29, 0.717) is 24.3 Å². The van der Waals surface area contributed by atoms with Gasteiger partial charge in [-0.15, -0.1) is 0 Å². The van der Waals surface area contributed by atoms with Gasteiger partial charge in [0, 0.05) is 5.54 Å². The second-order valence-electron chi connectivity index (χ2n) is 7.84. The van der Waals surface area contributed by atoms with Crippen LogP contribution < -0.4 is 14.4 Å². The van der Waals surface area contributed by atoms with Gasteiger partial charge in [-0.3, -0.25) is 9.10 Å². The number of anilines is 1. The third-order valence-corrected chi connectivity index (χ3v) is 6.15. The average molecular weight is 453 g/mol. The summed E-state index contributed by atoms with van der Waals surface area (Å²) in [5.74, 6) is 0.0613. The van der Waals surface area contributed by atoms with E-state index in [1.807, 2.05) is 44.2 Å². The number of carbonyl (C=O) groups excluding carboxylic acids is 1. The Hall–Kier alpha value is -2.25. The van der Waals surface area contributed by atoms with Gasteiger partial charge in [0.2, 0.25) is 15.9 Å². The molecule has 164 valence electrons. The predicted octanol–water partition coefficient (Wildman–Crippen LogP) is 4.03. The summed E-state index contributed by atoms with van der Waals surface area (Å²) in [4.78, 5) is 13.2. The minimum atomic E-state index is -3.75. The van der Waals surface area contributed by atoms with Crippen LogP contribution in [0.2, 0.25) is 5.02 Å². The van der Waals surface area contributed by atoms with Crippen LogP contribution in [0.5, 0.6) is 5.75 Å². The van der Waals surface area contributed by atoms with Crippen LogP contribution in [-0.4, -0.2) is 39.3 Å². The van der Waals surface area contributed by atoms with Crippen LogP contribution in [0.15, 0.2) is 48.5 Å². The molecule has 0 bridgehead atoms. The van der Waals surface area contributed by atoms with Crippen LogP contribution in [0.3, 0.4) is 0 Å². The second kappa shape index (κ2) is 9.71. The molecule has 2 aromatic carbocycles. The fourth-order valence-corrected chi connectivity index (χ4v) is 4.88. The molecular weight excluding hydrogens is 424 g/mol. The van der Waals surface area contributed by atoms with E-state index in [1.54, 1.807) is 19.1 Å². The zero-order chi connectivity index (χ0) is 22.5. The van der Waals surface area contributed by atoms with Crippen molar-refractivity contribution < 1.29 is 17.9 Å². The van der Waals surface area contributed by atoms with Gasteiger partial charge in [-0.25, -0.2) is 8.42 Å². The van der Waals surface area contributed by atoms with Crippen LogP contribution in [0, 0.1) is 0 Å². The molecule has 0 aliphatic carbocycles. The lowest BCUT2D eigenvalue weighted by atomic mass is 9.94. The highest BCUT2D eigenvalue weighted by Gasteiger charge is 2.34. The SMILES string of the molecule is CCC(C(=O)NC(C)(C)Cc1ccccc1)N(c1ccc(OC)c(Cl)c1)S(C)(=O)=O. The lowest BCUT2D eigenvalue weighted by molar-refractivity contribution is -0.123. The monoisotopic (exact) mass is 452 g/mol. The third-order valence-electron chi connectivity index (χ3n) is 4.67. The molecule has 1 N–H and O–H groups in total. The van der Waals surface area contributed by atoms with E-state index in [-0.39, 0.29) is 10.9 Å². The Morgan fingerprint density at radius 2 is 1.83 bits per heavy atom. The van der Waals surface area contributed by atoms with E-state index in [0.717, 1.165) is 16.1 Å². The van der Waals surface area contributed by atoms with Gasteiger partial charge in [0.1, 0.15) is 11.8 Å². The van der Waals surface area contributed by atoms with Gasteiger partial charge in [-0.2, -0.15) is 0 Å². The predicted molar refractivity (Wildman–Crippen MR) is 122 cm³/mol. The topological polar surface area (TPSA) is 75.7 Å². The van der Waals surface area contributed by atoms with Gasteiger partial charge in [-0.1, -0.05) is 48.9 Å². The fourth-order valence-electron chi connectivity index (χ4n) is 3.42. The van der Waals surface area contributed by atoms with Crippen LogP contribution in [-0.2, 0) is 21.2 Å². The number of ether oxygens (including phenoxy) is 1. The molecule has 1 atom stereocenters. The van der Waals surface area contributed by atoms with Gasteiger partial charge in [0.25, 0.3) is 0 Å². The molecule has 0 saturated heterocycles. The molecule has 2 rings (SSSR count). The minimum Gasteiger partial charge on any atom is -0.495 e. The molecule has 1 amide bonds. The van der Waals surface area contributed by atoms with Gasteiger partial charge >= 0.3 is 0 Å². The van der Waals surface area contributed by atoms with Crippen molar-refractivity contribution in [3.63, 3.8) is 0 Å². The fraction of sp³-hybridized carbons (Fsp3) is 0.409. The Morgan fingerprint density at radius 1 is 1.20 bits per heavy atom. The first-order valence-electron chi connectivity index (χ1n) is 9.67. The van der Waals surface area contributed by atoms with Gasteiger partial charge < -0.3 is 10.1 Å². The number of hydrogen-bond donors (Lipinski definition) is 1. The van der Waals surface area contributed by atoms with E-state index in [9.17, 15) is 13.2 Å².